The summed E-state index contributed by atoms with van der Waals surface area (Å²) in [4.78, 5) is 14.2. The number of rotatable bonds is 10. The average molecular weight is 445 g/mol. The predicted molar refractivity (Wildman–Crippen MR) is 120 cm³/mol. The van der Waals surface area contributed by atoms with Crippen molar-refractivity contribution < 1.29 is 23.4 Å². The number of benzene rings is 2. The number of thiocarbonyl (C=S) groups is 1. The van der Waals surface area contributed by atoms with Crippen LogP contribution in [0.2, 0.25) is 0 Å². The van der Waals surface area contributed by atoms with Crippen LogP contribution >= 0.6 is 12.2 Å². The monoisotopic (exact) mass is 444 g/mol. The van der Waals surface area contributed by atoms with E-state index in [1.807, 2.05) is 13.0 Å². The van der Waals surface area contributed by atoms with Crippen LogP contribution in [0.4, 0.5) is 4.39 Å². The normalized spacial score (nSPS) is 14.8. The van der Waals surface area contributed by atoms with Gasteiger partial charge in [-0.3, -0.25) is 9.69 Å². The van der Waals surface area contributed by atoms with Crippen molar-refractivity contribution in [1.82, 2.24) is 10.2 Å². The highest BCUT2D eigenvalue weighted by atomic mass is 32.1. The Balaban J connectivity index is 1.67. The quantitative estimate of drug-likeness (QED) is 0.341. The van der Waals surface area contributed by atoms with Gasteiger partial charge in [0.05, 0.1) is 7.11 Å². The van der Waals surface area contributed by atoms with Gasteiger partial charge in [0.25, 0.3) is 5.91 Å². The number of hydrogen-bond acceptors (Lipinski definition) is 5. The van der Waals surface area contributed by atoms with E-state index < -0.39 is 0 Å². The SMILES string of the molecule is CCOCCCN1C(=O)C(=Cc2ccc(OCc3ccc(F)cc3)c(OC)c2)NC1=S. The van der Waals surface area contributed by atoms with Crippen LogP contribution in [-0.4, -0.2) is 42.8 Å². The zero-order valence-electron chi connectivity index (χ0n) is 17.5. The maximum Gasteiger partial charge on any atom is 0.276 e. The minimum atomic E-state index is -0.291. The Hall–Kier alpha value is -2.97. The molecule has 6 nitrogen and oxygen atoms in total. The summed E-state index contributed by atoms with van der Waals surface area (Å²) >= 11 is 5.29. The Bertz CT molecular complexity index is 963. The Labute approximate surface area is 186 Å². The average Bonchev–Trinajstić information content (AvgIpc) is 3.03. The number of carbonyl (C=O) groups excluding carboxylic acids is 1. The van der Waals surface area contributed by atoms with Gasteiger partial charge in [-0.2, -0.15) is 0 Å². The molecule has 0 aromatic heterocycles. The van der Waals surface area contributed by atoms with Crippen LogP contribution in [0, 0.1) is 5.82 Å². The molecule has 1 aliphatic heterocycles. The van der Waals surface area contributed by atoms with Crippen LogP contribution in [0.15, 0.2) is 48.2 Å². The van der Waals surface area contributed by atoms with Crippen molar-refractivity contribution in [2.75, 3.05) is 26.9 Å². The van der Waals surface area contributed by atoms with E-state index in [0.717, 1.165) is 11.1 Å². The lowest BCUT2D eigenvalue weighted by Gasteiger charge is -2.13. The van der Waals surface area contributed by atoms with Gasteiger partial charge in [-0.15, -0.1) is 0 Å². The molecule has 164 valence electrons. The van der Waals surface area contributed by atoms with Gasteiger partial charge in [-0.05, 0) is 67.0 Å². The zero-order valence-corrected chi connectivity index (χ0v) is 18.3. The Morgan fingerprint density at radius 3 is 2.65 bits per heavy atom. The van der Waals surface area contributed by atoms with E-state index in [1.54, 1.807) is 37.5 Å². The third kappa shape index (κ3) is 6.02. The van der Waals surface area contributed by atoms with Gasteiger partial charge in [0.1, 0.15) is 18.1 Å². The first-order valence-corrected chi connectivity index (χ1v) is 10.4. The van der Waals surface area contributed by atoms with Crippen LogP contribution in [0.3, 0.4) is 0 Å². The summed E-state index contributed by atoms with van der Waals surface area (Å²) in [6.45, 7) is 3.94. The fraction of sp³-hybridized carbons (Fsp3) is 0.304. The van der Waals surface area contributed by atoms with Gasteiger partial charge in [0.15, 0.2) is 16.6 Å². The van der Waals surface area contributed by atoms with Crippen molar-refractivity contribution in [1.29, 1.82) is 0 Å². The molecule has 0 atom stereocenters. The van der Waals surface area contributed by atoms with Crippen LogP contribution in [0.1, 0.15) is 24.5 Å². The molecule has 0 radical (unpaired) electrons. The number of halogens is 1. The number of nitrogens with zero attached hydrogens (tertiary/aromatic N) is 1. The first kappa shape index (κ1) is 22.7. The minimum Gasteiger partial charge on any atom is -0.493 e. The Morgan fingerprint density at radius 1 is 1.16 bits per heavy atom. The number of carbonyl (C=O) groups is 1. The lowest BCUT2D eigenvalue weighted by molar-refractivity contribution is -0.122. The fourth-order valence-corrected chi connectivity index (χ4v) is 3.33. The molecule has 0 aliphatic carbocycles. The largest absolute Gasteiger partial charge is 0.493 e. The molecule has 0 unspecified atom stereocenters. The Morgan fingerprint density at radius 2 is 1.94 bits per heavy atom. The van der Waals surface area contributed by atoms with Gasteiger partial charge in [-0.1, -0.05) is 18.2 Å². The second-order valence-corrected chi connectivity index (χ2v) is 7.21. The molecule has 1 heterocycles. The maximum atomic E-state index is 13.0. The number of methoxy groups -OCH3 is 1. The molecule has 1 amide bonds. The van der Waals surface area contributed by atoms with E-state index in [1.165, 1.54) is 17.0 Å². The van der Waals surface area contributed by atoms with Crippen molar-refractivity contribution in [2.24, 2.45) is 0 Å². The molecule has 1 fully saturated rings. The summed E-state index contributed by atoms with van der Waals surface area (Å²) in [5.74, 6) is 0.615. The van der Waals surface area contributed by atoms with Gasteiger partial charge in [0.2, 0.25) is 0 Å². The standard InChI is InChI=1S/C23H25FN2O4S/c1-3-29-12-4-11-26-22(27)19(25-23(26)31)13-17-7-10-20(21(14-17)28-2)30-15-16-5-8-18(24)9-6-16/h5-10,13-14H,3-4,11-12,15H2,1-2H3,(H,25,31). The lowest BCUT2D eigenvalue weighted by Crippen LogP contribution is -2.32. The fourth-order valence-electron chi connectivity index (χ4n) is 3.05. The summed E-state index contributed by atoms with van der Waals surface area (Å²) in [7, 11) is 1.55. The molecule has 0 bridgehead atoms. The van der Waals surface area contributed by atoms with Gasteiger partial charge < -0.3 is 19.5 Å². The van der Waals surface area contributed by atoms with Crippen molar-refractivity contribution in [3.8, 4) is 11.5 Å². The summed E-state index contributed by atoms with van der Waals surface area (Å²) < 4.78 is 29.6. The second-order valence-electron chi connectivity index (χ2n) is 6.82. The molecule has 2 aromatic rings. The minimum absolute atomic E-state index is 0.169. The number of nitrogens with one attached hydrogen (secondary N) is 1. The molecular weight excluding hydrogens is 419 g/mol. The van der Waals surface area contributed by atoms with Gasteiger partial charge >= 0.3 is 0 Å². The maximum absolute atomic E-state index is 13.0. The van der Waals surface area contributed by atoms with Crippen LogP contribution < -0.4 is 14.8 Å². The van der Waals surface area contributed by atoms with Crippen molar-refractivity contribution in [3.05, 3.63) is 65.1 Å². The van der Waals surface area contributed by atoms with Gasteiger partial charge in [0, 0.05) is 19.8 Å². The molecule has 8 heteroatoms. The summed E-state index contributed by atoms with van der Waals surface area (Å²) in [6, 6.07) is 11.5. The molecular formula is C23H25FN2O4S. The van der Waals surface area contributed by atoms with Crippen LogP contribution in [0.5, 0.6) is 11.5 Å². The number of ether oxygens (including phenoxy) is 3. The van der Waals surface area contributed by atoms with Gasteiger partial charge in [-0.25, -0.2) is 4.39 Å². The first-order chi connectivity index (χ1) is 15.0. The van der Waals surface area contributed by atoms with E-state index in [-0.39, 0.29) is 18.3 Å². The summed E-state index contributed by atoms with van der Waals surface area (Å²) in [6.07, 6.45) is 2.44. The summed E-state index contributed by atoms with van der Waals surface area (Å²) in [5.41, 5.74) is 2.01. The topological polar surface area (TPSA) is 60.0 Å². The van der Waals surface area contributed by atoms with Crippen LogP contribution in [-0.2, 0) is 16.1 Å². The molecule has 1 saturated heterocycles. The smallest absolute Gasteiger partial charge is 0.276 e. The second kappa shape index (κ2) is 10.9. The van der Waals surface area contributed by atoms with E-state index >= 15 is 0 Å². The molecule has 1 N–H and O–H groups in total. The first-order valence-electron chi connectivity index (χ1n) is 9.99. The Kier molecular flexibility index (Phi) is 7.97. The van der Waals surface area contributed by atoms with E-state index in [0.29, 0.717) is 48.5 Å². The summed E-state index contributed by atoms with van der Waals surface area (Å²) in [5, 5.41) is 3.36. The highest BCUT2D eigenvalue weighted by Gasteiger charge is 2.30. The van der Waals surface area contributed by atoms with Crippen molar-refractivity contribution in [2.45, 2.75) is 20.0 Å². The van der Waals surface area contributed by atoms with E-state index in [4.69, 9.17) is 26.4 Å². The van der Waals surface area contributed by atoms with Crippen molar-refractivity contribution >= 4 is 29.3 Å². The lowest BCUT2D eigenvalue weighted by atomic mass is 10.1. The van der Waals surface area contributed by atoms with Crippen molar-refractivity contribution in [3.63, 3.8) is 0 Å². The molecule has 1 aliphatic rings. The molecule has 31 heavy (non-hydrogen) atoms. The molecule has 0 spiro atoms. The molecule has 3 rings (SSSR count). The van der Waals surface area contributed by atoms with E-state index in [9.17, 15) is 9.18 Å². The highest BCUT2D eigenvalue weighted by molar-refractivity contribution is 7.80. The van der Waals surface area contributed by atoms with E-state index in [2.05, 4.69) is 5.32 Å². The third-order valence-electron chi connectivity index (χ3n) is 4.64. The highest BCUT2D eigenvalue weighted by Crippen LogP contribution is 2.30. The zero-order chi connectivity index (χ0) is 22.2. The third-order valence-corrected chi connectivity index (χ3v) is 4.97. The van der Waals surface area contributed by atoms with Crippen LogP contribution in [0.25, 0.3) is 6.08 Å². The number of amides is 1. The molecule has 0 saturated carbocycles. The number of hydrogen-bond donors (Lipinski definition) is 1. The molecule has 2 aromatic carbocycles. The predicted octanol–water partition coefficient (Wildman–Crippen LogP) is 3.90.